The predicted molar refractivity (Wildman–Crippen MR) is 87.0 cm³/mol. The number of nitrogens with two attached hydrogens (primary N) is 1. The third-order valence-corrected chi connectivity index (χ3v) is 2.94. The molecule has 0 aliphatic heterocycles. The summed E-state index contributed by atoms with van der Waals surface area (Å²) in [4.78, 5) is 0. The monoisotopic (exact) mass is 293 g/mol. The fourth-order valence-electron chi connectivity index (χ4n) is 1.91. The summed E-state index contributed by atoms with van der Waals surface area (Å²) < 4.78 is 5.35. The Morgan fingerprint density at radius 2 is 2.05 bits per heavy atom. The van der Waals surface area contributed by atoms with Crippen LogP contribution in [0.3, 0.4) is 0 Å². The minimum atomic E-state index is -0.379. The molecule has 4 N–H and O–H groups in total. The topological polar surface area (TPSA) is 107 Å². The van der Waals surface area contributed by atoms with Crippen molar-refractivity contribution in [3.05, 3.63) is 48.5 Å². The number of nitrogens with zero attached hydrogens (tertiary/aromatic N) is 2. The number of hydrogen-bond donors (Lipinski definition) is 3. The van der Waals surface area contributed by atoms with Crippen LogP contribution in [0.4, 0.5) is 5.69 Å². The second-order valence-electron chi connectivity index (χ2n) is 4.38. The van der Waals surface area contributed by atoms with Gasteiger partial charge in [-0.2, -0.15) is 10.4 Å². The second-order valence-corrected chi connectivity index (χ2v) is 4.38. The van der Waals surface area contributed by atoms with Crippen molar-refractivity contribution in [2.45, 2.75) is 0 Å². The second kappa shape index (κ2) is 6.90. The lowest BCUT2D eigenvalue weighted by Gasteiger charge is -2.09. The van der Waals surface area contributed by atoms with Gasteiger partial charge in [0, 0.05) is 5.56 Å². The third kappa shape index (κ3) is 3.41. The molecule has 0 unspecified atom stereocenters. The first-order valence-corrected chi connectivity index (χ1v) is 6.47. The lowest BCUT2D eigenvalue weighted by Crippen LogP contribution is -2.21. The SMILES string of the molecule is COc1ccccc1-c1cccc(N/N=C(\C#N)C(=N)N)c1. The Morgan fingerprint density at radius 1 is 1.27 bits per heavy atom. The Hall–Kier alpha value is -3.33. The van der Waals surface area contributed by atoms with Crippen molar-refractivity contribution >= 4 is 17.2 Å². The molecular formula is C16H15N5O. The van der Waals surface area contributed by atoms with Gasteiger partial charge in [0.1, 0.15) is 11.8 Å². The molecule has 0 amide bonds. The fourth-order valence-corrected chi connectivity index (χ4v) is 1.91. The summed E-state index contributed by atoms with van der Waals surface area (Å²) in [7, 11) is 1.62. The number of methoxy groups -OCH3 is 1. The van der Waals surface area contributed by atoms with Crippen LogP contribution in [-0.2, 0) is 0 Å². The Bertz CT molecular complexity index is 761. The van der Waals surface area contributed by atoms with E-state index in [9.17, 15) is 0 Å². The van der Waals surface area contributed by atoms with Crippen LogP contribution in [0.1, 0.15) is 0 Å². The molecule has 110 valence electrons. The Labute approximate surface area is 128 Å². The number of para-hydroxylation sites is 1. The molecule has 0 atom stereocenters. The summed E-state index contributed by atoms with van der Waals surface area (Å²) in [6.07, 6.45) is 0. The molecule has 0 aliphatic rings. The molecule has 0 radical (unpaired) electrons. The lowest BCUT2D eigenvalue weighted by atomic mass is 10.0. The average Bonchev–Trinajstić information content (AvgIpc) is 2.55. The van der Waals surface area contributed by atoms with Gasteiger partial charge in [-0.25, -0.2) is 0 Å². The number of anilines is 1. The van der Waals surface area contributed by atoms with Gasteiger partial charge < -0.3 is 10.5 Å². The van der Waals surface area contributed by atoms with Gasteiger partial charge in [0.05, 0.1) is 12.8 Å². The van der Waals surface area contributed by atoms with Crippen molar-refractivity contribution in [3.8, 4) is 22.9 Å². The fraction of sp³-hybridized carbons (Fsp3) is 0.0625. The average molecular weight is 293 g/mol. The Kier molecular flexibility index (Phi) is 4.73. The van der Waals surface area contributed by atoms with Crippen LogP contribution in [-0.4, -0.2) is 18.7 Å². The van der Waals surface area contributed by atoms with Gasteiger partial charge >= 0.3 is 0 Å². The third-order valence-electron chi connectivity index (χ3n) is 2.94. The molecule has 6 heteroatoms. The van der Waals surface area contributed by atoms with Crippen LogP contribution < -0.4 is 15.9 Å². The Balaban J connectivity index is 2.32. The first kappa shape index (κ1) is 15.1. The zero-order chi connectivity index (χ0) is 15.9. The number of benzene rings is 2. The van der Waals surface area contributed by atoms with Gasteiger partial charge in [0.2, 0.25) is 5.71 Å². The minimum Gasteiger partial charge on any atom is -0.496 e. The summed E-state index contributed by atoms with van der Waals surface area (Å²) in [6, 6.07) is 16.9. The molecule has 2 aromatic carbocycles. The quantitative estimate of drug-likeness (QED) is 0.447. The molecular weight excluding hydrogens is 278 g/mol. The zero-order valence-electron chi connectivity index (χ0n) is 12.0. The van der Waals surface area contributed by atoms with Crippen molar-refractivity contribution in [2.75, 3.05) is 12.5 Å². The van der Waals surface area contributed by atoms with E-state index < -0.39 is 0 Å². The van der Waals surface area contributed by atoms with Crippen molar-refractivity contribution < 1.29 is 4.74 Å². The summed E-state index contributed by atoms with van der Waals surface area (Å²) in [5, 5.41) is 19.8. The van der Waals surface area contributed by atoms with Gasteiger partial charge in [-0.15, -0.1) is 0 Å². The van der Waals surface area contributed by atoms with Gasteiger partial charge in [-0.3, -0.25) is 10.8 Å². The van der Waals surface area contributed by atoms with Crippen molar-refractivity contribution in [2.24, 2.45) is 10.8 Å². The maximum Gasteiger partial charge on any atom is 0.201 e. The van der Waals surface area contributed by atoms with Gasteiger partial charge in [0.25, 0.3) is 0 Å². The highest BCUT2D eigenvalue weighted by Crippen LogP contribution is 2.30. The van der Waals surface area contributed by atoms with Gasteiger partial charge in [-0.05, 0) is 23.8 Å². The van der Waals surface area contributed by atoms with E-state index in [1.807, 2.05) is 42.5 Å². The van der Waals surface area contributed by atoms with Crippen LogP contribution in [0, 0.1) is 16.7 Å². The molecule has 0 fully saturated rings. The van der Waals surface area contributed by atoms with E-state index in [4.69, 9.17) is 21.1 Å². The first-order valence-electron chi connectivity index (χ1n) is 6.47. The van der Waals surface area contributed by atoms with Crippen LogP contribution in [0.15, 0.2) is 53.6 Å². The van der Waals surface area contributed by atoms with Crippen LogP contribution in [0.2, 0.25) is 0 Å². The van der Waals surface area contributed by atoms with E-state index in [-0.39, 0.29) is 11.5 Å². The molecule has 0 saturated heterocycles. The first-order chi connectivity index (χ1) is 10.7. The van der Waals surface area contributed by atoms with E-state index in [0.717, 1.165) is 16.9 Å². The predicted octanol–water partition coefficient (Wildman–Crippen LogP) is 2.59. The number of nitriles is 1. The van der Waals surface area contributed by atoms with E-state index in [0.29, 0.717) is 5.69 Å². The number of hydrazone groups is 1. The normalized spacial score (nSPS) is 10.6. The van der Waals surface area contributed by atoms with Gasteiger partial charge in [0.15, 0.2) is 5.84 Å². The van der Waals surface area contributed by atoms with E-state index in [1.54, 1.807) is 19.2 Å². The van der Waals surface area contributed by atoms with Crippen molar-refractivity contribution in [1.29, 1.82) is 10.7 Å². The molecule has 2 rings (SSSR count). The molecule has 0 heterocycles. The molecule has 2 aromatic rings. The number of ether oxygens (including phenoxy) is 1. The highest BCUT2D eigenvalue weighted by atomic mass is 16.5. The van der Waals surface area contributed by atoms with Crippen LogP contribution in [0.5, 0.6) is 5.75 Å². The van der Waals surface area contributed by atoms with E-state index >= 15 is 0 Å². The lowest BCUT2D eigenvalue weighted by molar-refractivity contribution is 0.416. The number of rotatable bonds is 5. The summed E-state index contributed by atoms with van der Waals surface area (Å²) in [5.74, 6) is 0.389. The summed E-state index contributed by atoms with van der Waals surface area (Å²) in [6.45, 7) is 0. The van der Waals surface area contributed by atoms with Gasteiger partial charge in [-0.1, -0.05) is 30.3 Å². The molecule has 0 aliphatic carbocycles. The number of nitrogens with one attached hydrogen (secondary N) is 2. The van der Waals surface area contributed by atoms with Crippen LogP contribution >= 0.6 is 0 Å². The molecule has 22 heavy (non-hydrogen) atoms. The number of hydrogen-bond acceptors (Lipinski definition) is 5. The minimum absolute atomic E-state index is 0.164. The molecule has 0 aromatic heterocycles. The number of amidine groups is 1. The van der Waals surface area contributed by atoms with Crippen molar-refractivity contribution in [1.82, 2.24) is 0 Å². The molecule has 0 spiro atoms. The maximum absolute atomic E-state index is 8.82. The zero-order valence-corrected chi connectivity index (χ0v) is 12.0. The van der Waals surface area contributed by atoms with Crippen molar-refractivity contribution in [3.63, 3.8) is 0 Å². The van der Waals surface area contributed by atoms with E-state index in [1.165, 1.54) is 0 Å². The maximum atomic E-state index is 8.82. The molecule has 6 nitrogen and oxygen atoms in total. The highest BCUT2D eigenvalue weighted by molar-refractivity contribution is 6.45. The van der Waals surface area contributed by atoms with E-state index in [2.05, 4.69) is 10.5 Å². The largest absolute Gasteiger partial charge is 0.496 e. The highest BCUT2D eigenvalue weighted by Gasteiger charge is 2.06. The summed E-state index contributed by atoms with van der Waals surface area (Å²) in [5.41, 5.74) is 10.4. The Morgan fingerprint density at radius 3 is 2.73 bits per heavy atom. The molecule has 0 saturated carbocycles. The summed E-state index contributed by atoms with van der Waals surface area (Å²) >= 11 is 0. The standard InChI is InChI=1S/C16H15N5O/c1-22-15-8-3-2-7-13(15)11-5-4-6-12(9-11)20-21-14(10-17)16(18)19/h2-9,20H,1H3,(H3,18,19)/b21-14+. The van der Waals surface area contributed by atoms with Crippen LogP contribution in [0.25, 0.3) is 11.1 Å². The molecule has 0 bridgehead atoms. The smallest absolute Gasteiger partial charge is 0.201 e.